The minimum Gasteiger partial charge on any atom is -0.388 e. The van der Waals surface area contributed by atoms with E-state index in [0.29, 0.717) is 0 Å². The highest BCUT2D eigenvalue weighted by atomic mass is 32.1. The van der Waals surface area contributed by atoms with Gasteiger partial charge in [0.25, 0.3) is 0 Å². The Morgan fingerprint density at radius 3 is 2.72 bits per heavy atom. The molecule has 3 heterocycles. The second-order valence-electron chi connectivity index (χ2n) is 6.50. The Hall–Kier alpha value is -2.18. The summed E-state index contributed by atoms with van der Waals surface area (Å²) in [4.78, 5) is 12.1. The summed E-state index contributed by atoms with van der Waals surface area (Å²) in [7, 11) is 1.92. The molecule has 0 spiro atoms. The van der Waals surface area contributed by atoms with Gasteiger partial charge >= 0.3 is 0 Å². The molecule has 1 aromatic carbocycles. The Kier molecular flexibility index (Phi) is 4.31. The Morgan fingerprint density at radius 1 is 1.16 bits per heavy atom. The number of anilines is 2. The van der Waals surface area contributed by atoms with Gasteiger partial charge < -0.3 is 15.0 Å². The van der Waals surface area contributed by atoms with E-state index < -0.39 is 0 Å². The quantitative estimate of drug-likeness (QED) is 0.770. The molecule has 25 heavy (non-hydrogen) atoms. The van der Waals surface area contributed by atoms with Gasteiger partial charge in [0, 0.05) is 31.4 Å². The number of rotatable bonds is 3. The number of thiophene rings is 1. The van der Waals surface area contributed by atoms with Crippen molar-refractivity contribution in [3.8, 4) is 11.4 Å². The first kappa shape index (κ1) is 16.3. The third-order valence-electron chi connectivity index (χ3n) is 4.41. The fraction of sp³-hybridized carbons (Fsp3) is 0.368. The number of hydrogen-bond acceptors (Lipinski definition) is 6. The fourth-order valence-electron chi connectivity index (χ4n) is 3.36. The smallest absolute Gasteiger partial charge is 0.162 e. The van der Waals surface area contributed by atoms with Gasteiger partial charge in [0.1, 0.15) is 0 Å². The molecule has 0 saturated carbocycles. The predicted molar refractivity (Wildman–Crippen MR) is 105 cm³/mol. The third-order valence-corrected chi connectivity index (χ3v) is 5.31. The van der Waals surface area contributed by atoms with Crippen molar-refractivity contribution < 1.29 is 4.74 Å². The van der Waals surface area contributed by atoms with Gasteiger partial charge in [0.2, 0.25) is 0 Å². The molecule has 1 aliphatic rings. The van der Waals surface area contributed by atoms with Crippen LogP contribution in [0, 0.1) is 0 Å². The van der Waals surface area contributed by atoms with Crippen LogP contribution in [-0.4, -0.2) is 42.3 Å². The molecule has 1 aliphatic heterocycles. The molecule has 0 radical (unpaired) electrons. The van der Waals surface area contributed by atoms with Crippen molar-refractivity contribution in [3.63, 3.8) is 0 Å². The second-order valence-corrected chi connectivity index (χ2v) is 7.42. The number of nitrogens with zero attached hydrogens (tertiary/aromatic N) is 3. The normalized spacial score (nSPS) is 20.8. The van der Waals surface area contributed by atoms with Crippen LogP contribution in [0.3, 0.4) is 0 Å². The number of ether oxygens (including phenoxy) is 1. The first-order valence-electron chi connectivity index (χ1n) is 8.58. The van der Waals surface area contributed by atoms with Gasteiger partial charge in [0.05, 0.1) is 22.4 Å². The zero-order valence-corrected chi connectivity index (χ0v) is 15.5. The molecule has 0 aliphatic carbocycles. The summed E-state index contributed by atoms with van der Waals surface area (Å²) in [5, 5.41) is 5.27. The summed E-state index contributed by atoms with van der Waals surface area (Å²) in [5.74, 6) is 1.79. The van der Waals surface area contributed by atoms with Crippen molar-refractivity contribution in [2.75, 3.05) is 30.4 Å². The van der Waals surface area contributed by atoms with Gasteiger partial charge in [-0.05, 0) is 37.4 Å². The molecule has 2 atom stereocenters. The summed E-state index contributed by atoms with van der Waals surface area (Å²) >= 11 is 1.70. The van der Waals surface area contributed by atoms with E-state index in [1.54, 1.807) is 11.3 Å². The van der Waals surface area contributed by atoms with E-state index in [1.807, 2.05) is 19.2 Å². The van der Waals surface area contributed by atoms with Gasteiger partial charge in [-0.1, -0.05) is 12.1 Å². The van der Waals surface area contributed by atoms with Crippen molar-refractivity contribution in [2.24, 2.45) is 0 Å². The Labute approximate surface area is 151 Å². The van der Waals surface area contributed by atoms with Crippen LogP contribution >= 0.6 is 11.3 Å². The summed E-state index contributed by atoms with van der Waals surface area (Å²) in [6.07, 6.45) is 0.398. The first-order chi connectivity index (χ1) is 12.1. The van der Waals surface area contributed by atoms with Crippen LogP contribution in [0.2, 0.25) is 0 Å². The van der Waals surface area contributed by atoms with Crippen molar-refractivity contribution in [2.45, 2.75) is 26.1 Å². The van der Waals surface area contributed by atoms with E-state index in [0.717, 1.165) is 46.2 Å². The topological polar surface area (TPSA) is 50.3 Å². The standard InChI is InChI=1S/C19H22N4OS/c1-12-10-23(11-13(2)24-12)19-17-16(7-8-25-17)21-18(22-19)14-5-4-6-15(9-14)20-3/h4-9,12-13,20H,10-11H2,1-3H3. The lowest BCUT2D eigenvalue weighted by atomic mass is 10.2. The van der Waals surface area contributed by atoms with Crippen LogP contribution in [-0.2, 0) is 4.74 Å². The average Bonchev–Trinajstić information content (AvgIpc) is 3.08. The molecule has 130 valence electrons. The largest absolute Gasteiger partial charge is 0.388 e. The number of fused-ring (bicyclic) bond motifs is 1. The van der Waals surface area contributed by atoms with E-state index in [4.69, 9.17) is 14.7 Å². The van der Waals surface area contributed by atoms with E-state index in [2.05, 4.69) is 47.6 Å². The van der Waals surface area contributed by atoms with E-state index in [9.17, 15) is 0 Å². The summed E-state index contributed by atoms with van der Waals surface area (Å²) < 4.78 is 7.03. The number of hydrogen-bond donors (Lipinski definition) is 1. The molecule has 1 saturated heterocycles. The highest BCUT2D eigenvalue weighted by molar-refractivity contribution is 7.17. The maximum atomic E-state index is 5.89. The molecule has 2 unspecified atom stereocenters. The molecule has 0 bridgehead atoms. The minimum atomic E-state index is 0.199. The lowest BCUT2D eigenvalue weighted by Gasteiger charge is -2.36. The molecule has 0 amide bonds. The number of morpholine rings is 1. The summed E-state index contributed by atoms with van der Waals surface area (Å²) in [6.45, 7) is 5.94. The van der Waals surface area contributed by atoms with Gasteiger partial charge in [-0.3, -0.25) is 0 Å². The van der Waals surface area contributed by atoms with Crippen LogP contribution in [0.1, 0.15) is 13.8 Å². The lowest BCUT2D eigenvalue weighted by molar-refractivity contribution is -0.00535. The Balaban J connectivity index is 1.82. The van der Waals surface area contributed by atoms with Crippen molar-refractivity contribution in [1.82, 2.24) is 9.97 Å². The van der Waals surface area contributed by atoms with Crippen LogP contribution in [0.5, 0.6) is 0 Å². The molecule has 4 rings (SSSR count). The molecular weight excluding hydrogens is 332 g/mol. The van der Waals surface area contributed by atoms with Crippen LogP contribution in [0.25, 0.3) is 21.6 Å². The van der Waals surface area contributed by atoms with Gasteiger partial charge in [-0.2, -0.15) is 0 Å². The van der Waals surface area contributed by atoms with Crippen molar-refractivity contribution >= 4 is 33.1 Å². The van der Waals surface area contributed by atoms with Gasteiger partial charge in [0.15, 0.2) is 11.6 Å². The maximum Gasteiger partial charge on any atom is 0.162 e. The predicted octanol–water partition coefficient (Wildman–Crippen LogP) is 4.01. The Bertz CT molecular complexity index is 884. The van der Waals surface area contributed by atoms with Crippen molar-refractivity contribution in [3.05, 3.63) is 35.7 Å². The number of nitrogens with one attached hydrogen (secondary N) is 1. The monoisotopic (exact) mass is 354 g/mol. The van der Waals surface area contributed by atoms with E-state index >= 15 is 0 Å². The SMILES string of the molecule is CNc1cccc(-c2nc(N3CC(C)OC(C)C3)c3sccc3n2)c1. The maximum absolute atomic E-state index is 5.89. The fourth-order valence-corrected chi connectivity index (χ4v) is 4.20. The van der Waals surface area contributed by atoms with E-state index in [1.165, 1.54) is 0 Å². The zero-order valence-electron chi connectivity index (χ0n) is 14.7. The van der Waals surface area contributed by atoms with Crippen LogP contribution in [0.4, 0.5) is 11.5 Å². The van der Waals surface area contributed by atoms with Gasteiger partial charge in [-0.15, -0.1) is 11.3 Å². The highest BCUT2D eigenvalue weighted by Crippen LogP contribution is 2.33. The zero-order chi connectivity index (χ0) is 17.4. The summed E-state index contributed by atoms with van der Waals surface area (Å²) in [5.41, 5.74) is 3.09. The van der Waals surface area contributed by atoms with Gasteiger partial charge in [-0.25, -0.2) is 9.97 Å². The summed E-state index contributed by atoms with van der Waals surface area (Å²) in [6, 6.07) is 10.3. The van der Waals surface area contributed by atoms with Crippen LogP contribution < -0.4 is 10.2 Å². The molecule has 3 aromatic rings. The molecule has 1 fully saturated rings. The van der Waals surface area contributed by atoms with Crippen LogP contribution in [0.15, 0.2) is 35.7 Å². The van der Waals surface area contributed by atoms with Crippen molar-refractivity contribution in [1.29, 1.82) is 0 Å². The first-order valence-corrected chi connectivity index (χ1v) is 9.46. The second kappa shape index (κ2) is 6.61. The minimum absolute atomic E-state index is 0.199. The van der Waals surface area contributed by atoms with E-state index in [-0.39, 0.29) is 12.2 Å². The average molecular weight is 354 g/mol. The molecular formula is C19H22N4OS. The molecule has 6 heteroatoms. The highest BCUT2D eigenvalue weighted by Gasteiger charge is 2.25. The molecule has 2 aromatic heterocycles. The Morgan fingerprint density at radius 2 is 1.96 bits per heavy atom. The third kappa shape index (κ3) is 3.19. The molecule has 1 N–H and O–H groups in total. The number of aromatic nitrogens is 2. The lowest BCUT2D eigenvalue weighted by Crippen LogP contribution is -2.45. The molecule has 5 nitrogen and oxygen atoms in total. The number of benzene rings is 1.